The molecule has 1 amide bonds. The second-order valence-electron chi connectivity index (χ2n) is 5.84. The van der Waals surface area contributed by atoms with Crippen LogP contribution in [-0.4, -0.2) is 17.2 Å². The quantitative estimate of drug-likeness (QED) is 0.521. The van der Waals surface area contributed by atoms with Crippen LogP contribution in [0.4, 0.5) is 4.79 Å². The number of rotatable bonds is 9. The Hall–Kier alpha value is -3.08. The van der Waals surface area contributed by atoms with E-state index in [1.807, 2.05) is 48.5 Å². The van der Waals surface area contributed by atoms with E-state index in [0.717, 1.165) is 24.8 Å². The van der Waals surface area contributed by atoms with Gasteiger partial charge in [-0.1, -0.05) is 66.7 Å². The van der Waals surface area contributed by atoms with E-state index in [4.69, 9.17) is 4.74 Å². The molecular weight excluding hydrogens is 330 g/mol. The Balaban J connectivity index is 1.73. The molecule has 0 aromatic heterocycles. The third-order valence-electron chi connectivity index (χ3n) is 3.79. The molecule has 2 rings (SSSR count). The summed E-state index contributed by atoms with van der Waals surface area (Å²) in [7, 11) is 0. The number of carboxylic acid groups (broad SMARTS) is 1. The molecule has 0 fully saturated rings. The van der Waals surface area contributed by atoms with Crippen LogP contribution in [-0.2, 0) is 22.6 Å². The van der Waals surface area contributed by atoms with Crippen molar-refractivity contribution in [2.45, 2.75) is 32.3 Å². The lowest BCUT2D eigenvalue weighted by atomic mass is 10.1. The fraction of sp³-hybridized carbons (Fsp3) is 0.238. The van der Waals surface area contributed by atoms with Gasteiger partial charge in [-0.3, -0.25) is 5.32 Å². The number of alkyl carbamates (subject to hydrolysis) is 1. The van der Waals surface area contributed by atoms with Gasteiger partial charge in [0.2, 0.25) is 0 Å². The number of carboxylic acids is 1. The average Bonchev–Trinajstić information content (AvgIpc) is 2.66. The molecule has 5 heteroatoms. The molecule has 0 spiro atoms. The van der Waals surface area contributed by atoms with Gasteiger partial charge in [0.05, 0.1) is 0 Å². The number of hydrogen-bond donors (Lipinski definition) is 2. The molecule has 0 aliphatic rings. The van der Waals surface area contributed by atoms with Crippen molar-refractivity contribution < 1.29 is 19.4 Å². The Bertz CT molecular complexity index is 726. The van der Waals surface area contributed by atoms with E-state index in [1.165, 1.54) is 11.6 Å². The maximum atomic E-state index is 11.8. The van der Waals surface area contributed by atoms with Gasteiger partial charge >= 0.3 is 12.1 Å². The summed E-state index contributed by atoms with van der Waals surface area (Å²) in [6.45, 7) is 0.0939. The highest BCUT2D eigenvalue weighted by Crippen LogP contribution is 2.08. The van der Waals surface area contributed by atoms with Crippen LogP contribution in [0.5, 0.6) is 0 Å². The molecule has 0 heterocycles. The van der Waals surface area contributed by atoms with Crippen LogP contribution < -0.4 is 5.32 Å². The third kappa shape index (κ3) is 7.21. The first-order valence-electron chi connectivity index (χ1n) is 8.60. The van der Waals surface area contributed by atoms with E-state index in [0.29, 0.717) is 6.42 Å². The smallest absolute Gasteiger partial charge is 0.412 e. The molecule has 0 aliphatic carbocycles. The summed E-state index contributed by atoms with van der Waals surface area (Å²) in [5, 5.41) is 11.5. The van der Waals surface area contributed by atoms with Gasteiger partial charge in [-0.15, -0.1) is 0 Å². The topological polar surface area (TPSA) is 75.6 Å². The number of aliphatic carboxylic acids is 1. The summed E-state index contributed by atoms with van der Waals surface area (Å²) in [6, 6.07) is 19.3. The summed E-state index contributed by atoms with van der Waals surface area (Å²) < 4.78 is 5.04. The van der Waals surface area contributed by atoms with Gasteiger partial charge in [0.1, 0.15) is 12.3 Å². The Labute approximate surface area is 153 Å². The zero-order chi connectivity index (χ0) is 18.6. The number of unbranched alkanes of at least 4 members (excludes halogenated alkanes) is 2. The van der Waals surface area contributed by atoms with Crippen molar-refractivity contribution in [3.8, 4) is 0 Å². The van der Waals surface area contributed by atoms with Gasteiger partial charge in [0, 0.05) is 0 Å². The largest absolute Gasteiger partial charge is 0.477 e. The van der Waals surface area contributed by atoms with E-state index in [1.54, 1.807) is 0 Å². The van der Waals surface area contributed by atoms with E-state index in [-0.39, 0.29) is 12.3 Å². The molecule has 2 N–H and O–H groups in total. The van der Waals surface area contributed by atoms with Crippen molar-refractivity contribution in [2.24, 2.45) is 0 Å². The van der Waals surface area contributed by atoms with E-state index >= 15 is 0 Å². The summed E-state index contributed by atoms with van der Waals surface area (Å²) in [5.41, 5.74) is 1.95. The van der Waals surface area contributed by atoms with Crippen LogP contribution in [0.15, 0.2) is 72.4 Å². The number of nitrogens with one attached hydrogen (secondary N) is 1. The van der Waals surface area contributed by atoms with Crippen LogP contribution in [0.25, 0.3) is 0 Å². The first-order valence-corrected chi connectivity index (χ1v) is 8.60. The Morgan fingerprint density at radius 2 is 1.54 bits per heavy atom. The van der Waals surface area contributed by atoms with E-state index in [2.05, 4.69) is 17.4 Å². The number of amides is 1. The number of benzene rings is 2. The van der Waals surface area contributed by atoms with Gasteiger partial charge in [0.25, 0.3) is 0 Å². The molecule has 2 aromatic rings. The van der Waals surface area contributed by atoms with Gasteiger partial charge < -0.3 is 9.84 Å². The first-order chi connectivity index (χ1) is 12.6. The Morgan fingerprint density at radius 1 is 0.923 bits per heavy atom. The van der Waals surface area contributed by atoms with Crippen molar-refractivity contribution in [3.05, 3.63) is 83.6 Å². The van der Waals surface area contributed by atoms with Crippen molar-refractivity contribution >= 4 is 12.1 Å². The van der Waals surface area contributed by atoms with Crippen molar-refractivity contribution in [3.63, 3.8) is 0 Å². The third-order valence-corrected chi connectivity index (χ3v) is 3.79. The molecule has 0 radical (unpaired) electrons. The lowest BCUT2D eigenvalue weighted by Gasteiger charge is -2.08. The number of aryl methyl sites for hydroxylation is 1. The fourth-order valence-electron chi connectivity index (χ4n) is 2.43. The molecular formula is C21H23NO4. The van der Waals surface area contributed by atoms with Crippen LogP contribution >= 0.6 is 0 Å². The predicted octanol–water partition coefficient (Wildman–Crippen LogP) is 4.29. The molecule has 5 nitrogen and oxygen atoms in total. The van der Waals surface area contributed by atoms with E-state index in [9.17, 15) is 14.7 Å². The molecule has 0 unspecified atom stereocenters. The summed E-state index contributed by atoms with van der Waals surface area (Å²) >= 11 is 0. The maximum absolute atomic E-state index is 11.8. The molecule has 0 aliphatic heterocycles. The Morgan fingerprint density at radius 3 is 2.15 bits per heavy atom. The SMILES string of the molecule is O=C(N/C(=C\CCCCc1ccccc1)C(=O)O)OCc1ccccc1. The van der Waals surface area contributed by atoms with Gasteiger partial charge in [-0.25, -0.2) is 9.59 Å². The second-order valence-corrected chi connectivity index (χ2v) is 5.84. The average molecular weight is 353 g/mol. The summed E-state index contributed by atoms with van der Waals surface area (Å²) in [6.07, 6.45) is 4.07. The zero-order valence-electron chi connectivity index (χ0n) is 14.6. The lowest BCUT2D eigenvalue weighted by molar-refractivity contribution is -0.133. The van der Waals surface area contributed by atoms with Crippen molar-refractivity contribution in [1.82, 2.24) is 5.32 Å². The monoisotopic (exact) mass is 353 g/mol. The molecule has 2 aromatic carbocycles. The number of hydrogen-bond acceptors (Lipinski definition) is 3. The molecule has 26 heavy (non-hydrogen) atoms. The molecule has 0 bridgehead atoms. The number of carbonyl (C=O) groups excluding carboxylic acids is 1. The standard InChI is InChI=1S/C21H23NO4/c23-20(24)19(15-9-3-6-12-17-10-4-1-5-11-17)22-21(25)26-16-18-13-7-2-8-14-18/h1-2,4-5,7-8,10-11,13-15H,3,6,9,12,16H2,(H,22,25)(H,23,24)/b19-15-. The van der Waals surface area contributed by atoms with Gasteiger partial charge in [-0.05, 0) is 36.8 Å². The number of carbonyl (C=O) groups is 2. The summed E-state index contributed by atoms with van der Waals surface area (Å²) in [4.78, 5) is 23.0. The highest BCUT2D eigenvalue weighted by molar-refractivity contribution is 5.90. The normalized spacial score (nSPS) is 11.0. The highest BCUT2D eigenvalue weighted by Gasteiger charge is 2.12. The van der Waals surface area contributed by atoms with E-state index < -0.39 is 12.1 Å². The first kappa shape index (κ1) is 19.2. The predicted molar refractivity (Wildman–Crippen MR) is 99.5 cm³/mol. The number of allylic oxidation sites excluding steroid dienone is 1. The van der Waals surface area contributed by atoms with Crippen LogP contribution in [0.1, 0.15) is 30.4 Å². The summed E-state index contributed by atoms with van der Waals surface area (Å²) in [5.74, 6) is -1.18. The molecule has 136 valence electrons. The maximum Gasteiger partial charge on any atom is 0.412 e. The zero-order valence-corrected chi connectivity index (χ0v) is 14.6. The molecule has 0 saturated heterocycles. The van der Waals surface area contributed by atoms with Crippen molar-refractivity contribution in [2.75, 3.05) is 0 Å². The Kier molecular flexibility index (Phi) is 7.93. The van der Waals surface area contributed by atoms with Crippen LogP contribution in [0.2, 0.25) is 0 Å². The minimum Gasteiger partial charge on any atom is -0.477 e. The van der Waals surface area contributed by atoms with Crippen molar-refractivity contribution in [1.29, 1.82) is 0 Å². The lowest BCUT2D eigenvalue weighted by Crippen LogP contribution is -2.27. The van der Waals surface area contributed by atoms with Gasteiger partial charge in [-0.2, -0.15) is 0 Å². The van der Waals surface area contributed by atoms with Crippen LogP contribution in [0, 0.1) is 0 Å². The fourth-order valence-corrected chi connectivity index (χ4v) is 2.43. The second kappa shape index (κ2) is 10.7. The van der Waals surface area contributed by atoms with Gasteiger partial charge in [0.15, 0.2) is 0 Å². The van der Waals surface area contributed by atoms with Crippen LogP contribution in [0.3, 0.4) is 0 Å². The highest BCUT2D eigenvalue weighted by atomic mass is 16.5. The number of ether oxygens (including phenoxy) is 1. The minimum atomic E-state index is -1.18. The molecule has 0 saturated carbocycles. The minimum absolute atomic E-state index is 0.0939. The molecule has 0 atom stereocenters.